The topological polar surface area (TPSA) is 48.7 Å². The van der Waals surface area contributed by atoms with Crippen LogP contribution in [0, 0.1) is 6.92 Å². The summed E-state index contributed by atoms with van der Waals surface area (Å²) in [5.41, 5.74) is 4.67. The predicted octanol–water partition coefficient (Wildman–Crippen LogP) is 4.89. The highest BCUT2D eigenvalue weighted by molar-refractivity contribution is 6.02. The fraction of sp³-hybridized carbons (Fsp3) is 0.136. The van der Waals surface area contributed by atoms with Crippen LogP contribution in [-0.4, -0.2) is 14.2 Å². The second kappa shape index (κ2) is 6.23. The first-order valence-electron chi connectivity index (χ1n) is 8.30. The van der Waals surface area contributed by atoms with E-state index in [-0.39, 0.29) is 5.43 Å². The van der Waals surface area contributed by atoms with Crippen molar-refractivity contribution in [3.63, 3.8) is 0 Å². The van der Waals surface area contributed by atoms with Crippen LogP contribution in [0.5, 0.6) is 11.5 Å². The monoisotopic (exact) mass is 346 g/mol. The third kappa shape index (κ3) is 2.60. The molecule has 0 fully saturated rings. The molecule has 0 atom stereocenters. The number of hydrogen-bond acceptors (Lipinski definition) is 4. The Hall–Kier alpha value is -3.27. The van der Waals surface area contributed by atoms with Crippen LogP contribution in [-0.2, 0) is 0 Å². The lowest BCUT2D eigenvalue weighted by atomic mass is 9.91. The van der Waals surface area contributed by atoms with E-state index in [1.165, 1.54) is 6.07 Å². The normalized spacial score (nSPS) is 11.0. The molecule has 2 aromatic carbocycles. The molecule has 0 unspecified atom stereocenters. The van der Waals surface area contributed by atoms with Gasteiger partial charge in [0.25, 0.3) is 0 Å². The van der Waals surface area contributed by atoms with Crippen LogP contribution in [0.25, 0.3) is 33.4 Å². The van der Waals surface area contributed by atoms with Gasteiger partial charge in [-0.2, -0.15) is 0 Å². The number of ether oxygens (including phenoxy) is 2. The molecule has 4 nitrogen and oxygen atoms in total. The van der Waals surface area contributed by atoms with E-state index >= 15 is 0 Å². The highest BCUT2D eigenvalue weighted by Gasteiger charge is 2.19. The van der Waals surface area contributed by atoms with E-state index < -0.39 is 0 Å². The molecule has 1 aliphatic carbocycles. The van der Waals surface area contributed by atoms with Gasteiger partial charge in [0.05, 0.1) is 14.2 Å². The first-order chi connectivity index (χ1) is 12.6. The smallest absolute Gasteiger partial charge is 0.182 e. The molecular weight excluding hydrogens is 328 g/mol. The van der Waals surface area contributed by atoms with Gasteiger partial charge in [-0.05, 0) is 54.4 Å². The minimum absolute atomic E-state index is 0.0825. The second-order valence-electron chi connectivity index (χ2n) is 6.18. The van der Waals surface area contributed by atoms with Crippen LogP contribution >= 0.6 is 0 Å². The minimum atomic E-state index is -0.0825. The molecule has 1 aliphatic heterocycles. The molecule has 0 N–H and O–H groups in total. The van der Waals surface area contributed by atoms with Gasteiger partial charge in [-0.25, -0.2) is 0 Å². The van der Waals surface area contributed by atoms with E-state index in [0.717, 1.165) is 33.4 Å². The van der Waals surface area contributed by atoms with Crippen LogP contribution in [0.15, 0.2) is 63.8 Å². The Morgan fingerprint density at radius 1 is 0.808 bits per heavy atom. The zero-order valence-corrected chi connectivity index (χ0v) is 14.8. The quantitative estimate of drug-likeness (QED) is 0.496. The van der Waals surface area contributed by atoms with Crippen LogP contribution in [0.4, 0.5) is 0 Å². The van der Waals surface area contributed by atoms with E-state index in [2.05, 4.69) is 0 Å². The van der Waals surface area contributed by atoms with Crippen LogP contribution in [0.3, 0.4) is 0 Å². The molecule has 2 aliphatic rings. The molecule has 0 amide bonds. The standard InChI is InChI=1S/C22H18O4/c1-13-10-15(24-2)5-8-17(13)22-18-7-4-14(23)11-20(18)26-21-12-16(25-3)6-9-19(21)22/h4-12H,1-3H3. The van der Waals surface area contributed by atoms with Crippen molar-refractivity contribution in [3.8, 4) is 33.9 Å². The summed E-state index contributed by atoms with van der Waals surface area (Å²) in [6, 6.07) is 16.6. The molecular formula is C22H18O4. The van der Waals surface area contributed by atoms with Gasteiger partial charge in [0.1, 0.15) is 22.8 Å². The minimum Gasteiger partial charge on any atom is -0.497 e. The van der Waals surface area contributed by atoms with Crippen LogP contribution in [0.1, 0.15) is 5.56 Å². The Kier molecular flexibility index (Phi) is 3.88. The number of fused-ring (bicyclic) bond motifs is 2. The zero-order chi connectivity index (χ0) is 18.3. The molecule has 26 heavy (non-hydrogen) atoms. The van der Waals surface area contributed by atoms with Crippen LogP contribution in [0.2, 0.25) is 0 Å². The summed E-state index contributed by atoms with van der Waals surface area (Å²) < 4.78 is 16.7. The maximum absolute atomic E-state index is 11.8. The number of hydrogen-bond donors (Lipinski definition) is 0. The molecule has 0 saturated carbocycles. The first-order valence-corrected chi connectivity index (χ1v) is 8.30. The van der Waals surface area contributed by atoms with Crippen LogP contribution < -0.4 is 14.9 Å². The summed E-state index contributed by atoms with van der Waals surface area (Å²) >= 11 is 0. The maximum atomic E-state index is 11.8. The fourth-order valence-corrected chi connectivity index (χ4v) is 3.31. The molecule has 130 valence electrons. The van der Waals surface area contributed by atoms with Crippen molar-refractivity contribution in [2.75, 3.05) is 14.2 Å². The summed E-state index contributed by atoms with van der Waals surface area (Å²) in [6.45, 7) is 2.05. The zero-order valence-electron chi connectivity index (χ0n) is 14.8. The largest absolute Gasteiger partial charge is 0.497 e. The molecule has 4 heteroatoms. The van der Waals surface area contributed by atoms with Gasteiger partial charge in [0.15, 0.2) is 5.43 Å². The van der Waals surface area contributed by atoms with Gasteiger partial charge in [-0.3, -0.25) is 4.79 Å². The second-order valence-corrected chi connectivity index (χ2v) is 6.18. The molecule has 0 radical (unpaired) electrons. The van der Waals surface area contributed by atoms with Crippen molar-refractivity contribution in [2.24, 2.45) is 0 Å². The van der Waals surface area contributed by atoms with E-state index in [1.54, 1.807) is 20.3 Å². The molecule has 0 saturated heterocycles. The van der Waals surface area contributed by atoms with Gasteiger partial charge in [0.2, 0.25) is 0 Å². The first kappa shape index (κ1) is 16.2. The van der Waals surface area contributed by atoms with Crippen molar-refractivity contribution >= 4 is 11.0 Å². The Labute approximate surface area is 150 Å². The Bertz CT molecular complexity index is 1140. The molecule has 4 rings (SSSR count). The molecule has 0 bridgehead atoms. The Balaban J connectivity index is 2.13. The van der Waals surface area contributed by atoms with E-state index in [1.807, 2.05) is 49.4 Å². The van der Waals surface area contributed by atoms with Crippen molar-refractivity contribution in [1.82, 2.24) is 0 Å². The third-order valence-electron chi connectivity index (χ3n) is 4.60. The van der Waals surface area contributed by atoms with Crippen molar-refractivity contribution < 1.29 is 13.9 Å². The van der Waals surface area contributed by atoms with E-state index in [0.29, 0.717) is 17.1 Å². The SMILES string of the molecule is COc1ccc(-c2c3ccc(=O)cc-3oc3cc(OC)ccc23)c(C)c1. The molecule has 2 aromatic rings. The van der Waals surface area contributed by atoms with Crippen molar-refractivity contribution in [2.45, 2.75) is 6.92 Å². The highest BCUT2D eigenvalue weighted by atomic mass is 16.5. The van der Waals surface area contributed by atoms with Gasteiger partial charge >= 0.3 is 0 Å². The summed E-state index contributed by atoms with van der Waals surface area (Å²) in [4.78, 5) is 11.8. The predicted molar refractivity (Wildman–Crippen MR) is 102 cm³/mol. The van der Waals surface area contributed by atoms with E-state index in [4.69, 9.17) is 13.9 Å². The summed E-state index contributed by atoms with van der Waals surface area (Å²) in [7, 11) is 3.27. The summed E-state index contributed by atoms with van der Waals surface area (Å²) in [5, 5.41) is 0.963. The van der Waals surface area contributed by atoms with Gasteiger partial charge < -0.3 is 13.9 Å². The van der Waals surface area contributed by atoms with Gasteiger partial charge in [-0.15, -0.1) is 0 Å². The third-order valence-corrected chi connectivity index (χ3v) is 4.60. The number of rotatable bonds is 3. The molecule has 0 spiro atoms. The van der Waals surface area contributed by atoms with Gasteiger partial charge in [0, 0.05) is 28.6 Å². The van der Waals surface area contributed by atoms with Crippen molar-refractivity contribution in [3.05, 3.63) is 70.4 Å². The molecule has 1 heterocycles. The maximum Gasteiger partial charge on any atom is 0.182 e. The number of methoxy groups -OCH3 is 2. The number of aryl methyl sites for hydroxylation is 1. The average molecular weight is 346 g/mol. The lowest BCUT2D eigenvalue weighted by Crippen LogP contribution is -2.00. The summed E-state index contributed by atoms with van der Waals surface area (Å²) in [6.07, 6.45) is 0. The number of benzene rings is 3. The lowest BCUT2D eigenvalue weighted by Gasteiger charge is -2.17. The molecule has 0 aromatic heterocycles. The summed E-state index contributed by atoms with van der Waals surface area (Å²) in [5.74, 6) is 2.07. The lowest BCUT2D eigenvalue weighted by molar-refractivity contribution is 0.414. The Morgan fingerprint density at radius 3 is 2.23 bits per heavy atom. The van der Waals surface area contributed by atoms with Crippen molar-refractivity contribution in [1.29, 1.82) is 0 Å². The van der Waals surface area contributed by atoms with Gasteiger partial charge in [-0.1, -0.05) is 6.07 Å². The highest BCUT2D eigenvalue weighted by Crippen LogP contribution is 2.42. The Morgan fingerprint density at radius 2 is 1.50 bits per heavy atom. The van der Waals surface area contributed by atoms with E-state index in [9.17, 15) is 4.79 Å². The fourth-order valence-electron chi connectivity index (χ4n) is 3.31. The average Bonchev–Trinajstić information content (AvgIpc) is 2.65.